The largest absolute Gasteiger partial charge is 0.304 e. The van der Waals surface area contributed by atoms with E-state index in [1.165, 1.54) is 6.07 Å². The van der Waals surface area contributed by atoms with Crippen molar-refractivity contribution in [3.63, 3.8) is 0 Å². The van der Waals surface area contributed by atoms with Gasteiger partial charge < -0.3 is 5.32 Å². The van der Waals surface area contributed by atoms with E-state index in [0.717, 1.165) is 21.3 Å². The zero-order valence-corrected chi connectivity index (χ0v) is 12.3. The van der Waals surface area contributed by atoms with Crippen LogP contribution in [0.5, 0.6) is 0 Å². The number of nitrogens with one attached hydrogen (secondary N) is 1. The molecule has 1 aromatic heterocycles. The third kappa shape index (κ3) is 3.09. The normalized spacial score (nSPS) is 12.7. The molecule has 3 rings (SSSR count). The Labute approximate surface area is 125 Å². The summed E-state index contributed by atoms with van der Waals surface area (Å²) in [6.45, 7) is 2.48. The minimum absolute atomic E-state index is 0.0514. The van der Waals surface area contributed by atoms with Crippen LogP contribution in [0.15, 0.2) is 42.5 Å². The Morgan fingerprint density at radius 2 is 1.95 bits per heavy atom. The molecule has 2 aromatic carbocycles. The molecule has 0 aliphatic rings. The molecule has 3 aromatic rings. The number of rotatable bonds is 4. The number of halogens is 2. The van der Waals surface area contributed by atoms with Crippen LogP contribution in [-0.2, 0) is 6.54 Å². The van der Waals surface area contributed by atoms with Crippen LogP contribution in [0, 0.1) is 11.6 Å². The molecule has 1 heterocycles. The van der Waals surface area contributed by atoms with Crippen LogP contribution in [0.4, 0.5) is 8.78 Å². The standard InChI is InChI=1S/C16H14F2N2S/c1-10(16-20-14-4-2-3-5-15(14)21-16)19-9-11-6-7-12(17)13(18)8-11/h2-8,10,19H,9H2,1H3. The summed E-state index contributed by atoms with van der Waals surface area (Å²) in [5.74, 6) is -1.64. The van der Waals surface area contributed by atoms with Crippen molar-refractivity contribution in [1.82, 2.24) is 10.3 Å². The van der Waals surface area contributed by atoms with Gasteiger partial charge in [0.2, 0.25) is 0 Å². The number of hydrogen-bond donors (Lipinski definition) is 1. The summed E-state index contributed by atoms with van der Waals surface area (Å²) in [5, 5.41) is 4.27. The van der Waals surface area contributed by atoms with Gasteiger partial charge in [0.1, 0.15) is 5.01 Å². The van der Waals surface area contributed by atoms with Crippen LogP contribution in [0.25, 0.3) is 10.2 Å². The summed E-state index contributed by atoms with van der Waals surface area (Å²) >= 11 is 1.64. The quantitative estimate of drug-likeness (QED) is 0.771. The Morgan fingerprint density at radius 1 is 1.14 bits per heavy atom. The van der Waals surface area contributed by atoms with Crippen LogP contribution in [-0.4, -0.2) is 4.98 Å². The van der Waals surface area contributed by atoms with Crippen molar-refractivity contribution in [2.45, 2.75) is 19.5 Å². The Kier molecular flexibility index (Phi) is 3.94. The molecular weight excluding hydrogens is 290 g/mol. The van der Waals surface area contributed by atoms with E-state index in [1.807, 2.05) is 31.2 Å². The maximum atomic E-state index is 13.2. The highest BCUT2D eigenvalue weighted by Crippen LogP contribution is 2.26. The van der Waals surface area contributed by atoms with E-state index in [1.54, 1.807) is 17.4 Å². The fourth-order valence-corrected chi connectivity index (χ4v) is 3.08. The Hall–Kier alpha value is -1.85. The van der Waals surface area contributed by atoms with Gasteiger partial charge in [0.05, 0.1) is 16.3 Å². The summed E-state index contributed by atoms with van der Waals surface area (Å²) < 4.78 is 27.2. The second kappa shape index (κ2) is 5.87. The van der Waals surface area contributed by atoms with E-state index in [2.05, 4.69) is 10.3 Å². The van der Waals surface area contributed by atoms with Crippen LogP contribution < -0.4 is 5.32 Å². The molecule has 0 saturated carbocycles. The van der Waals surface area contributed by atoms with Gasteiger partial charge in [0, 0.05) is 6.54 Å². The predicted molar refractivity (Wildman–Crippen MR) is 81.2 cm³/mol. The smallest absolute Gasteiger partial charge is 0.159 e. The lowest BCUT2D eigenvalue weighted by Gasteiger charge is -2.11. The first kappa shape index (κ1) is 14.1. The van der Waals surface area contributed by atoms with E-state index in [4.69, 9.17) is 0 Å². The average molecular weight is 304 g/mol. The van der Waals surface area contributed by atoms with Gasteiger partial charge in [-0.15, -0.1) is 11.3 Å². The number of fused-ring (bicyclic) bond motifs is 1. The first-order valence-electron chi connectivity index (χ1n) is 6.66. The van der Waals surface area contributed by atoms with Gasteiger partial charge in [-0.1, -0.05) is 18.2 Å². The van der Waals surface area contributed by atoms with E-state index in [-0.39, 0.29) is 6.04 Å². The second-order valence-electron chi connectivity index (χ2n) is 4.87. The average Bonchev–Trinajstić information content (AvgIpc) is 2.92. The van der Waals surface area contributed by atoms with Gasteiger partial charge in [-0.05, 0) is 36.8 Å². The molecule has 0 aliphatic carbocycles. The molecule has 21 heavy (non-hydrogen) atoms. The number of hydrogen-bond acceptors (Lipinski definition) is 3. The highest BCUT2D eigenvalue weighted by molar-refractivity contribution is 7.18. The number of para-hydroxylation sites is 1. The summed E-state index contributed by atoms with van der Waals surface area (Å²) in [4.78, 5) is 4.58. The summed E-state index contributed by atoms with van der Waals surface area (Å²) in [7, 11) is 0. The molecule has 0 fully saturated rings. The first-order valence-corrected chi connectivity index (χ1v) is 7.48. The van der Waals surface area contributed by atoms with Crippen LogP contribution in [0.1, 0.15) is 23.5 Å². The van der Waals surface area contributed by atoms with Crippen LogP contribution in [0.3, 0.4) is 0 Å². The molecule has 0 spiro atoms. The molecule has 0 aliphatic heterocycles. The van der Waals surface area contributed by atoms with Gasteiger partial charge in [0.15, 0.2) is 11.6 Å². The maximum Gasteiger partial charge on any atom is 0.159 e. The summed E-state index contributed by atoms with van der Waals surface area (Å²) in [6.07, 6.45) is 0. The second-order valence-corrected chi connectivity index (χ2v) is 5.93. The SMILES string of the molecule is CC(NCc1ccc(F)c(F)c1)c1nc2ccccc2s1. The highest BCUT2D eigenvalue weighted by atomic mass is 32.1. The molecular formula is C16H14F2N2S. The molecule has 1 atom stereocenters. The van der Waals surface area contributed by atoms with Crippen molar-refractivity contribution in [3.8, 4) is 0 Å². The van der Waals surface area contributed by atoms with E-state index in [9.17, 15) is 8.78 Å². The van der Waals surface area contributed by atoms with Crippen LogP contribution in [0.2, 0.25) is 0 Å². The number of nitrogens with zero attached hydrogens (tertiary/aromatic N) is 1. The molecule has 0 bridgehead atoms. The fourth-order valence-electron chi connectivity index (χ4n) is 2.08. The summed E-state index contributed by atoms with van der Waals surface area (Å²) in [5.41, 5.74) is 1.70. The fraction of sp³-hybridized carbons (Fsp3) is 0.188. The van der Waals surface area contributed by atoms with E-state index < -0.39 is 11.6 Å². The minimum Gasteiger partial charge on any atom is -0.304 e. The Bertz CT molecular complexity index is 737. The summed E-state index contributed by atoms with van der Waals surface area (Å²) in [6, 6.07) is 12.0. The third-order valence-electron chi connectivity index (χ3n) is 3.28. The van der Waals surface area contributed by atoms with Crippen LogP contribution >= 0.6 is 11.3 Å². The Morgan fingerprint density at radius 3 is 2.71 bits per heavy atom. The van der Waals surface area contributed by atoms with Gasteiger partial charge in [-0.3, -0.25) is 0 Å². The van der Waals surface area contributed by atoms with E-state index >= 15 is 0 Å². The zero-order chi connectivity index (χ0) is 14.8. The lowest BCUT2D eigenvalue weighted by molar-refractivity contribution is 0.504. The molecule has 5 heteroatoms. The van der Waals surface area contributed by atoms with Gasteiger partial charge >= 0.3 is 0 Å². The molecule has 1 unspecified atom stereocenters. The monoisotopic (exact) mass is 304 g/mol. The van der Waals surface area contributed by atoms with Gasteiger partial charge in [0.25, 0.3) is 0 Å². The number of benzene rings is 2. The molecule has 2 nitrogen and oxygen atoms in total. The van der Waals surface area contributed by atoms with Crippen molar-refractivity contribution >= 4 is 21.6 Å². The first-order chi connectivity index (χ1) is 10.1. The number of thiazole rings is 1. The van der Waals surface area contributed by atoms with Gasteiger partial charge in [-0.25, -0.2) is 13.8 Å². The molecule has 0 radical (unpaired) electrons. The zero-order valence-electron chi connectivity index (χ0n) is 11.4. The third-order valence-corrected chi connectivity index (χ3v) is 4.50. The van der Waals surface area contributed by atoms with Crippen molar-refractivity contribution in [3.05, 3.63) is 64.7 Å². The van der Waals surface area contributed by atoms with Crippen molar-refractivity contribution < 1.29 is 8.78 Å². The highest BCUT2D eigenvalue weighted by Gasteiger charge is 2.11. The lowest BCUT2D eigenvalue weighted by Crippen LogP contribution is -2.18. The van der Waals surface area contributed by atoms with Gasteiger partial charge in [-0.2, -0.15) is 0 Å². The van der Waals surface area contributed by atoms with Crippen molar-refractivity contribution in [2.75, 3.05) is 0 Å². The van der Waals surface area contributed by atoms with E-state index in [0.29, 0.717) is 12.1 Å². The molecule has 0 saturated heterocycles. The molecule has 0 amide bonds. The lowest BCUT2D eigenvalue weighted by atomic mass is 10.2. The maximum absolute atomic E-state index is 13.2. The molecule has 1 N–H and O–H groups in total. The van der Waals surface area contributed by atoms with Crippen molar-refractivity contribution in [2.24, 2.45) is 0 Å². The Balaban J connectivity index is 1.70. The van der Waals surface area contributed by atoms with Crippen molar-refractivity contribution in [1.29, 1.82) is 0 Å². The predicted octanol–water partition coefficient (Wildman–Crippen LogP) is 4.43. The molecule has 108 valence electrons. The minimum atomic E-state index is -0.821. The topological polar surface area (TPSA) is 24.9 Å². The number of aromatic nitrogens is 1.